The Balaban J connectivity index is 1.74. The molecule has 0 radical (unpaired) electrons. The molecule has 1 aromatic heterocycles. The molecule has 2 heterocycles. The van der Waals surface area contributed by atoms with Crippen molar-refractivity contribution in [1.82, 2.24) is 9.55 Å². The summed E-state index contributed by atoms with van der Waals surface area (Å²) in [5.74, 6) is -0.636. The van der Waals surface area contributed by atoms with E-state index in [2.05, 4.69) is 17.2 Å². The van der Waals surface area contributed by atoms with Crippen molar-refractivity contribution >= 4 is 26.3 Å². The van der Waals surface area contributed by atoms with Gasteiger partial charge in [0.2, 0.25) is 5.91 Å². The Hall–Kier alpha value is -1.91. The number of nitrogens with one attached hydrogen (secondary N) is 1. The molecule has 1 aliphatic heterocycles. The Bertz CT molecular complexity index is 913. The lowest BCUT2D eigenvalue weighted by atomic mass is 10.0. The van der Waals surface area contributed by atoms with Crippen LogP contribution < -0.4 is 11.0 Å². The fraction of sp³-hybridized carbons (Fsp3) is 0.778. The molecule has 0 bridgehead atoms. The topological polar surface area (TPSA) is 149 Å². The van der Waals surface area contributed by atoms with Crippen LogP contribution in [0.1, 0.15) is 116 Å². The molecule has 0 unspecified atom stereocenters. The number of unbranched alkanes of at least 4 members (excludes halogenated alkanes) is 12. The lowest BCUT2D eigenvalue weighted by molar-refractivity contribution is -0.155. The number of hydrogen-bond acceptors (Lipinski definition) is 9. The minimum absolute atomic E-state index is 0.101. The highest BCUT2D eigenvalue weighted by Crippen LogP contribution is 2.34. The van der Waals surface area contributed by atoms with Crippen LogP contribution in [0.5, 0.6) is 0 Å². The van der Waals surface area contributed by atoms with Gasteiger partial charge in [0.15, 0.2) is 6.23 Å². The molecule has 1 amide bonds. The van der Waals surface area contributed by atoms with Crippen LogP contribution in [0, 0.1) is 0 Å². The third-order valence-corrected chi connectivity index (χ3v) is 7.08. The maximum atomic E-state index is 12.6. The van der Waals surface area contributed by atoms with Gasteiger partial charge in [-0.1, -0.05) is 84.0 Å². The molecular weight excluding hydrogens is 525 g/mol. The molecule has 0 aromatic carbocycles. The van der Waals surface area contributed by atoms with E-state index in [0.717, 1.165) is 19.3 Å². The van der Waals surface area contributed by atoms with Crippen molar-refractivity contribution < 1.29 is 33.4 Å². The minimum Gasteiger partial charge on any atom is -0.457 e. The maximum absolute atomic E-state index is 12.6. The monoisotopic (exact) mass is 571 g/mol. The molecule has 0 aliphatic carbocycles. The van der Waals surface area contributed by atoms with Crippen LogP contribution in [0.15, 0.2) is 17.1 Å². The second-order valence-corrected chi connectivity index (χ2v) is 10.9. The zero-order chi connectivity index (χ0) is 28.5. The number of carbonyl (C=O) groups is 2. The van der Waals surface area contributed by atoms with Crippen LogP contribution in [-0.2, 0) is 23.6 Å². The Labute approximate surface area is 232 Å². The summed E-state index contributed by atoms with van der Waals surface area (Å²) in [5, 5.41) is 2.44. The third kappa shape index (κ3) is 13.8. The van der Waals surface area contributed by atoms with Crippen molar-refractivity contribution in [2.45, 2.75) is 129 Å². The molecule has 1 saturated heterocycles. The Morgan fingerprint density at radius 1 is 1.05 bits per heavy atom. The number of ether oxygens (including phenoxy) is 2. The van der Waals surface area contributed by atoms with Crippen LogP contribution in [0.25, 0.3) is 0 Å². The predicted octanol–water partition coefficient (Wildman–Crippen LogP) is 5.11. The first-order valence-corrected chi connectivity index (χ1v) is 15.5. The quantitative estimate of drug-likeness (QED) is 0.110. The molecule has 0 saturated carbocycles. The lowest BCUT2D eigenvalue weighted by Gasteiger charge is -2.21. The third-order valence-electron chi connectivity index (χ3n) is 6.70. The highest BCUT2D eigenvalue weighted by Gasteiger charge is 2.40. The average molecular weight is 572 g/mol. The first-order chi connectivity index (χ1) is 18.8. The molecule has 11 nitrogen and oxygen atoms in total. The van der Waals surface area contributed by atoms with E-state index >= 15 is 0 Å². The SMILES string of the molecule is CCCCCCCCCCCCCCCC(=O)O[C@@H]1C[C@@H](COP(O)O)O[C@H]1n1ccc(NC(C)=O)nc1=O. The molecule has 12 heteroatoms. The van der Waals surface area contributed by atoms with Gasteiger partial charge in [0.25, 0.3) is 0 Å². The molecule has 222 valence electrons. The molecule has 3 atom stereocenters. The molecule has 3 N–H and O–H groups in total. The van der Waals surface area contributed by atoms with Crippen molar-refractivity contribution in [2.75, 3.05) is 11.9 Å². The number of nitrogens with zero attached hydrogens (tertiary/aromatic N) is 2. The van der Waals surface area contributed by atoms with E-state index in [0.29, 0.717) is 0 Å². The van der Waals surface area contributed by atoms with Crippen molar-refractivity contribution in [3.05, 3.63) is 22.7 Å². The van der Waals surface area contributed by atoms with Crippen molar-refractivity contribution in [3.63, 3.8) is 0 Å². The van der Waals surface area contributed by atoms with E-state index in [9.17, 15) is 14.4 Å². The summed E-state index contributed by atoms with van der Waals surface area (Å²) in [6, 6.07) is 1.45. The highest BCUT2D eigenvalue weighted by molar-refractivity contribution is 7.39. The van der Waals surface area contributed by atoms with E-state index < -0.39 is 32.7 Å². The Kier molecular flexibility index (Phi) is 16.4. The maximum Gasteiger partial charge on any atom is 0.351 e. The first kappa shape index (κ1) is 33.3. The van der Waals surface area contributed by atoms with Gasteiger partial charge in [-0.3, -0.25) is 14.2 Å². The second kappa shape index (κ2) is 19.2. The molecule has 2 rings (SSSR count). The highest BCUT2D eigenvalue weighted by atomic mass is 31.2. The fourth-order valence-electron chi connectivity index (χ4n) is 4.70. The fourth-order valence-corrected chi connectivity index (χ4v) is 4.99. The van der Waals surface area contributed by atoms with Gasteiger partial charge in [-0.15, -0.1) is 0 Å². The Morgan fingerprint density at radius 2 is 1.64 bits per heavy atom. The van der Waals surface area contributed by atoms with Crippen LogP contribution in [-0.4, -0.2) is 50.0 Å². The van der Waals surface area contributed by atoms with Crippen LogP contribution >= 0.6 is 8.60 Å². The lowest BCUT2D eigenvalue weighted by Crippen LogP contribution is -2.34. The summed E-state index contributed by atoms with van der Waals surface area (Å²) in [6.07, 6.45) is 15.4. The number of hydrogen-bond donors (Lipinski definition) is 3. The molecule has 1 aliphatic rings. The van der Waals surface area contributed by atoms with Crippen molar-refractivity contribution in [2.24, 2.45) is 0 Å². The van der Waals surface area contributed by atoms with E-state index in [1.807, 2.05) is 0 Å². The van der Waals surface area contributed by atoms with Crippen molar-refractivity contribution in [3.8, 4) is 0 Å². The van der Waals surface area contributed by atoms with E-state index in [-0.39, 0.29) is 37.1 Å². The largest absolute Gasteiger partial charge is 0.457 e. The average Bonchev–Trinajstić information content (AvgIpc) is 3.27. The number of anilines is 1. The number of amides is 1. The number of aromatic nitrogens is 2. The smallest absolute Gasteiger partial charge is 0.351 e. The van der Waals surface area contributed by atoms with Gasteiger partial charge < -0.3 is 29.1 Å². The van der Waals surface area contributed by atoms with Gasteiger partial charge >= 0.3 is 20.3 Å². The van der Waals surface area contributed by atoms with Gasteiger partial charge in [0, 0.05) is 26.0 Å². The summed E-state index contributed by atoms with van der Waals surface area (Å²) in [6.45, 7) is 3.42. The van der Waals surface area contributed by atoms with Gasteiger partial charge in [-0.05, 0) is 12.5 Å². The van der Waals surface area contributed by atoms with Crippen molar-refractivity contribution in [1.29, 1.82) is 0 Å². The summed E-state index contributed by atoms with van der Waals surface area (Å²) < 4.78 is 17.6. The minimum atomic E-state index is -2.57. The zero-order valence-corrected chi connectivity index (χ0v) is 24.3. The summed E-state index contributed by atoms with van der Waals surface area (Å²) >= 11 is 0. The van der Waals surface area contributed by atoms with E-state index in [1.165, 1.54) is 88.0 Å². The molecular formula is C27H46N3O8P. The van der Waals surface area contributed by atoms with Crippen LogP contribution in [0.2, 0.25) is 0 Å². The predicted molar refractivity (Wildman–Crippen MR) is 149 cm³/mol. The molecule has 1 fully saturated rings. The summed E-state index contributed by atoms with van der Waals surface area (Å²) in [5.41, 5.74) is -0.683. The zero-order valence-electron chi connectivity index (χ0n) is 23.4. The molecule has 0 spiro atoms. The van der Waals surface area contributed by atoms with Gasteiger partial charge in [-0.2, -0.15) is 4.98 Å². The summed E-state index contributed by atoms with van der Waals surface area (Å²) in [4.78, 5) is 58.4. The van der Waals surface area contributed by atoms with Gasteiger partial charge in [0.05, 0.1) is 12.7 Å². The standard InChI is InChI=1S/C27H46N3O8P/c1-3-4-5-6-7-8-9-10-11-12-13-14-15-16-25(32)38-23-19-22(20-36-39(34)35)37-26(23)30-18-17-24(28-21(2)31)29-27(30)33/h17-18,22-23,26,34-35H,3-16,19-20H2,1-2H3,(H,28,29,31,33)/t22-,23+,26+/m0/s1. The molecule has 1 aromatic rings. The number of rotatable bonds is 20. The van der Waals surface area contributed by atoms with Crippen LogP contribution in [0.3, 0.4) is 0 Å². The number of esters is 1. The van der Waals surface area contributed by atoms with E-state index in [1.54, 1.807) is 0 Å². The first-order valence-electron chi connectivity index (χ1n) is 14.3. The molecule has 39 heavy (non-hydrogen) atoms. The summed E-state index contributed by atoms with van der Waals surface area (Å²) in [7, 11) is -2.57. The number of carbonyl (C=O) groups excluding carboxylic acids is 2. The van der Waals surface area contributed by atoms with E-state index in [4.69, 9.17) is 23.8 Å². The van der Waals surface area contributed by atoms with Crippen LogP contribution in [0.4, 0.5) is 5.82 Å². The Morgan fingerprint density at radius 3 is 2.18 bits per heavy atom. The normalized spacial score (nSPS) is 18.9. The van der Waals surface area contributed by atoms with Gasteiger partial charge in [-0.25, -0.2) is 4.79 Å². The second-order valence-electron chi connectivity index (χ2n) is 10.1. The van der Waals surface area contributed by atoms with Gasteiger partial charge in [0.1, 0.15) is 11.9 Å².